The van der Waals surface area contributed by atoms with Crippen LogP contribution in [0.25, 0.3) is 0 Å². The van der Waals surface area contributed by atoms with Crippen LogP contribution in [0.15, 0.2) is 42.5 Å². The fourth-order valence-electron chi connectivity index (χ4n) is 3.12. The van der Waals surface area contributed by atoms with Gasteiger partial charge in [0.05, 0.1) is 22.5 Å². The Labute approximate surface area is 171 Å². The number of nitrogens with one attached hydrogen (secondary N) is 1. The molecule has 0 spiro atoms. The van der Waals surface area contributed by atoms with Crippen LogP contribution in [-0.4, -0.2) is 53.4 Å². The summed E-state index contributed by atoms with van der Waals surface area (Å²) in [7, 11) is 0. The van der Waals surface area contributed by atoms with E-state index in [0.29, 0.717) is 42.6 Å². The Bertz CT molecular complexity index is 929. The number of halogens is 1. The highest BCUT2D eigenvalue weighted by molar-refractivity contribution is 6.30. The zero-order chi connectivity index (χ0) is 21.0. The number of carbonyl (C=O) groups excluding carboxylic acids is 1. The highest BCUT2D eigenvalue weighted by Crippen LogP contribution is 2.32. The molecule has 1 heterocycles. The average molecular weight is 420 g/mol. The van der Waals surface area contributed by atoms with Crippen LogP contribution in [0.1, 0.15) is 0 Å². The van der Waals surface area contributed by atoms with Gasteiger partial charge in [0.25, 0.3) is 11.4 Å². The average Bonchev–Trinajstić information content (AvgIpc) is 2.69. The van der Waals surface area contributed by atoms with Crippen LogP contribution in [0.4, 0.5) is 22.7 Å². The lowest BCUT2D eigenvalue weighted by molar-refractivity contribution is -0.393. The molecule has 3 rings (SSSR count). The molecule has 1 N–H and O–H groups in total. The van der Waals surface area contributed by atoms with Gasteiger partial charge in [0.2, 0.25) is 5.91 Å². The van der Waals surface area contributed by atoms with E-state index in [-0.39, 0.29) is 23.8 Å². The molecule has 10 nitrogen and oxygen atoms in total. The summed E-state index contributed by atoms with van der Waals surface area (Å²) in [4.78, 5) is 36.9. The zero-order valence-corrected chi connectivity index (χ0v) is 16.0. The first kappa shape index (κ1) is 20.5. The number of piperazine rings is 1. The van der Waals surface area contributed by atoms with E-state index in [1.807, 2.05) is 4.90 Å². The van der Waals surface area contributed by atoms with E-state index in [0.717, 1.165) is 6.07 Å². The van der Waals surface area contributed by atoms with E-state index in [9.17, 15) is 25.0 Å². The molecule has 1 aliphatic heterocycles. The van der Waals surface area contributed by atoms with E-state index in [4.69, 9.17) is 11.6 Å². The Kier molecular flexibility index (Phi) is 6.25. The van der Waals surface area contributed by atoms with Gasteiger partial charge in [0, 0.05) is 43.0 Å². The minimum atomic E-state index is -0.659. The normalized spacial score (nSPS) is 14.4. The first-order chi connectivity index (χ1) is 13.8. The Hall–Kier alpha value is -3.24. The summed E-state index contributed by atoms with van der Waals surface area (Å²) in [6, 6.07) is 10.4. The number of nitrogens with zero attached hydrogens (tertiary/aromatic N) is 4. The van der Waals surface area contributed by atoms with Crippen molar-refractivity contribution >= 4 is 40.3 Å². The van der Waals surface area contributed by atoms with Crippen LogP contribution in [0.2, 0.25) is 5.02 Å². The van der Waals surface area contributed by atoms with Crippen LogP contribution in [0, 0.1) is 20.2 Å². The highest BCUT2D eigenvalue weighted by Gasteiger charge is 2.26. The maximum absolute atomic E-state index is 12.2. The molecule has 1 aliphatic rings. The maximum atomic E-state index is 12.2. The summed E-state index contributed by atoms with van der Waals surface area (Å²) in [6.07, 6.45) is 0. The first-order valence-corrected chi connectivity index (χ1v) is 9.17. The summed E-state index contributed by atoms with van der Waals surface area (Å²) >= 11 is 5.82. The van der Waals surface area contributed by atoms with E-state index in [1.165, 1.54) is 12.1 Å². The second kappa shape index (κ2) is 8.84. The van der Waals surface area contributed by atoms with Crippen molar-refractivity contribution in [1.82, 2.24) is 4.90 Å². The quantitative estimate of drug-likeness (QED) is 0.564. The van der Waals surface area contributed by atoms with Crippen LogP contribution in [-0.2, 0) is 4.79 Å². The van der Waals surface area contributed by atoms with Gasteiger partial charge in [0.1, 0.15) is 5.69 Å². The van der Waals surface area contributed by atoms with Crippen molar-refractivity contribution in [3.8, 4) is 0 Å². The molecule has 29 heavy (non-hydrogen) atoms. The number of anilines is 2. The third kappa shape index (κ3) is 5.18. The maximum Gasteiger partial charge on any atom is 0.299 e. The molecule has 2 aromatic rings. The molecule has 0 aromatic heterocycles. The summed E-state index contributed by atoms with van der Waals surface area (Å²) in [5, 5.41) is 25.6. The number of amides is 1. The van der Waals surface area contributed by atoms with E-state index in [1.54, 1.807) is 29.2 Å². The van der Waals surface area contributed by atoms with Gasteiger partial charge in [-0.25, -0.2) is 0 Å². The largest absolute Gasteiger partial charge is 0.363 e. The second-order valence-corrected chi connectivity index (χ2v) is 6.94. The van der Waals surface area contributed by atoms with Crippen LogP contribution < -0.4 is 10.2 Å². The van der Waals surface area contributed by atoms with Gasteiger partial charge < -0.3 is 10.2 Å². The Morgan fingerprint density at radius 1 is 1.00 bits per heavy atom. The molecular formula is C18H18ClN5O5. The van der Waals surface area contributed by atoms with Crippen molar-refractivity contribution in [2.75, 3.05) is 42.9 Å². The smallest absolute Gasteiger partial charge is 0.299 e. The monoisotopic (exact) mass is 419 g/mol. The Morgan fingerprint density at radius 2 is 1.66 bits per heavy atom. The number of nitro groups is 2. The highest BCUT2D eigenvalue weighted by atomic mass is 35.5. The molecule has 0 bridgehead atoms. The topological polar surface area (TPSA) is 122 Å². The van der Waals surface area contributed by atoms with Crippen molar-refractivity contribution in [3.05, 3.63) is 67.7 Å². The third-order valence-electron chi connectivity index (χ3n) is 4.57. The van der Waals surface area contributed by atoms with Gasteiger partial charge in [-0.1, -0.05) is 11.6 Å². The molecule has 0 unspecified atom stereocenters. The first-order valence-electron chi connectivity index (χ1n) is 8.79. The minimum absolute atomic E-state index is 0.165. The van der Waals surface area contributed by atoms with Crippen LogP contribution in [0.3, 0.4) is 0 Å². The second-order valence-electron chi connectivity index (χ2n) is 6.51. The summed E-state index contributed by atoms with van der Waals surface area (Å²) in [5.74, 6) is -0.165. The van der Waals surface area contributed by atoms with Crippen LogP contribution in [0.5, 0.6) is 0 Å². The van der Waals surface area contributed by atoms with Gasteiger partial charge in [-0.2, -0.15) is 0 Å². The van der Waals surface area contributed by atoms with Gasteiger partial charge in [-0.15, -0.1) is 0 Å². The van der Waals surface area contributed by atoms with Crippen molar-refractivity contribution in [3.63, 3.8) is 0 Å². The van der Waals surface area contributed by atoms with Crippen molar-refractivity contribution in [2.24, 2.45) is 0 Å². The fourth-order valence-corrected chi connectivity index (χ4v) is 3.25. The zero-order valence-electron chi connectivity index (χ0n) is 15.3. The predicted octanol–water partition coefficient (Wildman–Crippen LogP) is 2.92. The lowest BCUT2D eigenvalue weighted by atomic mass is 10.2. The molecule has 0 aliphatic carbocycles. The van der Waals surface area contributed by atoms with E-state index >= 15 is 0 Å². The Balaban J connectivity index is 1.59. The lowest BCUT2D eigenvalue weighted by Gasteiger charge is -2.35. The van der Waals surface area contributed by atoms with Gasteiger partial charge in [-0.3, -0.25) is 29.9 Å². The molecule has 1 fully saturated rings. The molecule has 1 saturated heterocycles. The molecule has 11 heteroatoms. The Morgan fingerprint density at radius 3 is 2.24 bits per heavy atom. The number of hydrogen-bond donors (Lipinski definition) is 1. The summed E-state index contributed by atoms with van der Waals surface area (Å²) in [6.45, 7) is 2.18. The number of rotatable bonds is 6. The SMILES string of the molecule is O=C(CN1CCN(c2ccc([N+](=O)[O-])cc2[N+](=O)[O-])CC1)Nc1ccc(Cl)cc1. The fraction of sp³-hybridized carbons (Fsp3) is 0.278. The lowest BCUT2D eigenvalue weighted by Crippen LogP contribution is -2.48. The molecule has 152 valence electrons. The summed E-state index contributed by atoms with van der Waals surface area (Å²) < 4.78 is 0. The number of nitro benzene ring substituents is 2. The molecular weight excluding hydrogens is 402 g/mol. The molecule has 2 aromatic carbocycles. The van der Waals surface area contributed by atoms with Gasteiger partial charge in [0.15, 0.2) is 0 Å². The van der Waals surface area contributed by atoms with Crippen molar-refractivity contribution < 1.29 is 14.6 Å². The van der Waals surface area contributed by atoms with E-state index in [2.05, 4.69) is 5.32 Å². The van der Waals surface area contributed by atoms with Gasteiger partial charge in [-0.05, 0) is 30.3 Å². The van der Waals surface area contributed by atoms with Crippen molar-refractivity contribution in [1.29, 1.82) is 0 Å². The van der Waals surface area contributed by atoms with Gasteiger partial charge >= 0.3 is 0 Å². The van der Waals surface area contributed by atoms with E-state index < -0.39 is 9.85 Å². The minimum Gasteiger partial charge on any atom is -0.363 e. The number of benzene rings is 2. The molecule has 1 amide bonds. The van der Waals surface area contributed by atoms with Crippen molar-refractivity contribution in [2.45, 2.75) is 0 Å². The standard InChI is InChI=1S/C18H18ClN5O5/c19-13-1-3-14(4-2-13)20-18(25)12-21-7-9-22(10-8-21)16-6-5-15(23(26)27)11-17(16)24(28)29/h1-6,11H,7-10,12H2,(H,20,25). The number of non-ortho nitro benzene ring substituents is 1. The molecule has 0 atom stereocenters. The predicted molar refractivity (Wildman–Crippen MR) is 108 cm³/mol. The number of carbonyl (C=O) groups is 1. The summed E-state index contributed by atoms with van der Waals surface area (Å²) in [5.41, 5.74) is 0.372. The molecule has 0 radical (unpaired) electrons. The number of hydrogen-bond acceptors (Lipinski definition) is 7. The van der Waals surface area contributed by atoms with Crippen LogP contribution >= 0.6 is 11.6 Å². The third-order valence-corrected chi connectivity index (χ3v) is 4.83. The molecule has 0 saturated carbocycles.